The van der Waals surface area contributed by atoms with Crippen LogP contribution in [0.15, 0.2) is 54.7 Å². The number of alkyl carbamates (subject to hydrolysis) is 1. The minimum Gasteiger partial charge on any atom is -0.480 e. The highest BCUT2D eigenvalue weighted by molar-refractivity contribution is 7.13. The van der Waals surface area contributed by atoms with Crippen LogP contribution in [0.25, 0.3) is 11.1 Å². The Balaban J connectivity index is 1.31. The van der Waals surface area contributed by atoms with E-state index in [1.165, 1.54) is 6.20 Å². The number of hydrogen-bond acceptors (Lipinski definition) is 6. The summed E-state index contributed by atoms with van der Waals surface area (Å²) in [5.41, 5.74) is 4.58. The van der Waals surface area contributed by atoms with Gasteiger partial charge in [0.2, 0.25) is 0 Å². The Hall–Kier alpha value is -3.72. The van der Waals surface area contributed by atoms with Gasteiger partial charge in [0.25, 0.3) is 5.91 Å². The minimum atomic E-state index is -1.07. The molecule has 1 aliphatic carbocycles. The summed E-state index contributed by atoms with van der Waals surface area (Å²) in [6, 6.07) is 15.3. The van der Waals surface area contributed by atoms with Gasteiger partial charge in [-0.05, 0) is 28.2 Å². The molecule has 0 aliphatic heterocycles. The van der Waals surface area contributed by atoms with E-state index in [0.717, 1.165) is 33.6 Å². The number of aliphatic carboxylic acids is 1. The Morgan fingerprint density at radius 2 is 1.71 bits per heavy atom. The number of ether oxygens (including phenoxy) is 1. The molecule has 1 aromatic heterocycles. The third kappa shape index (κ3) is 5.35. The summed E-state index contributed by atoms with van der Waals surface area (Å²) < 4.78 is 5.52. The minimum absolute atomic E-state index is 0.0315. The predicted molar refractivity (Wildman–Crippen MR) is 132 cm³/mol. The molecule has 0 bridgehead atoms. The van der Waals surface area contributed by atoms with Crippen molar-refractivity contribution >= 4 is 29.3 Å². The Morgan fingerprint density at radius 1 is 1.09 bits per heavy atom. The lowest BCUT2D eigenvalue weighted by Crippen LogP contribution is -2.44. The van der Waals surface area contributed by atoms with Gasteiger partial charge in [0.15, 0.2) is 0 Å². The molecule has 0 spiro atoms. The molecule has 2 atom stereocenters. The largest absolute Gasteiger partial charge is 0.480 e. The van der Waals surface area contributed by atoms with E-state index in [2.05, 4.69) is 39.9 Å². The van der Waals surface area contributed by atoms with Crippen LogP contribution in [0.4, 0.5) is 4.79 Å². The van der Waals surface area contributed by atoms with Crippen LogP contribution in [0, 0.1) is 5.92 Å². The average Bonchev–Trinajstić information content (AvgIpc) is 3.47. The molecule has 0 fully saturated rings. The number of carbonyl (C=O) groups excluding carboxylic acids is 2. The summed E-state index contributed by atoms with van der Waals surface area (Å²) >= 11 is 1.09. The highest BCUT2D eigenvalue weighted by atomic mass is 32.1. The van der Waals surface area contributed by atoms with Gasteiger partial charge in [0.1, 0.15) is 22.5 Å². The molecule has 3 aromatic rings. The molecule has 0 saturated carbocycles. The van der Waals surface area contributed by atoms with Crippen LogP contribution in [0.2, 0.25) is 0 Å². The first-order chi connectivity index (χ1) is 16.9. The normalized spacial score (nSPS) is 13.9. The molecule has 0 saturated heterocycles. The van der Waals surface area contributed by atoms with Crippen LogP contribution in [-0.4, -0.2) is 40.7 Å². The molecule has 3 N–H and O–H groups in total. The van der Waals surface area contributed by atoms with Crippen LogP contribution in [0.5, 0.6) is 0 Å². The summed E-state index contributed by atoms with van der Waals surface area (Å²) in [6.07, 6.45) is 1.43. The lowest BCUT2D eigenvalue weighted by molar-refractivity contribution is -0.140. The van der Waals surface area contributed by atoms with Gasteiger partial charge >= 0.3 is 12.1 Å². The Morgan fingerprint density at radius 3 is 2.31 bits per heavy atom. The number of hydrogen-bond donors (Lipinski definition) is 3. The van der Waals surface area contributed by atoms with E-state index in [-0.39, 0.29) is 29.9 Å². The highest BCUT2D eigenvalue weighted by Crippen LogP contribution is 2.44. The number of benzene rings is 2. The first kappa shape index (κ1) is 24.4. The van der Waals surface area contributed by atoms with Crippen LogP contribution in [0.1, 0.15) is 52.0 Å². The van der Waals surface area contributed by atoms with Gasteiger partial charge in [0, 0.05) is 5.92 Å². The van der Waals surface area contributed by atoms with E-state index in [1.807, 2.05) is 31.2 Å². The van der Waals surface area contributed by atoms with E-state index in [9.17, 15) is 19.5 Å². The number of nitrogens with zero attached hydrogens (tertiary/aromatic N) is 1. The molecule has 0 radical (unpaired) electrons. The van der Waals surface area contributed by atoms with Crippen LogP contribution in [-0.2, 0) is 16.1 Å². The van der Waals surface area contributed by atoms with Crippen molar-refractivity contribution in [1.29, 1.82) is 0 Å². The molecule has 2 aromatic carbocycles. The SMILES string of the molecule is CCC(C)C(NC(=O)c1cnc(CNC(=O)OCC2c3ccccc3-c3ccccc32)s1)C(=O)O. The van der Waals surface area contributed by atoms with Gasteiger partial charge in [-0.1, -0.05) is 68.8 Å². The number of carboxylic acid groups (broad SMARTS) is 1. The molecule has 1 heterocycles. The fraction of sp³-hybridized carbons (Fsp3) is 0.308. The number of carbonyl (C=O) groups is 3. The van der Waals surface area contributed by atoms with Crippen molar-refractivity contribution < 1.29 is 24.2 Å². The first-order valence-electron chi connectivity index (χ1n) is 11.5. The third-order valence-electron chi connectivity index (χ3n) is 6.27. The lowest BCUT2D eigenvalue weighted by Gasteiger charge is -2.19. The second kappa shape index (κ2) is 10.7. The van der Waals surface area contributed by atoms with E-state index < -0.39 is 24.0 Å². The highest BCUT2D eigenvalue weighted by Gasteiger charge is 2.29. The zero-order chi connectivity index (χ0) is 24.9. The maximum absolute atomic E-state index is 12.5. The molecule has 182 valence electrons. The predicted octanol–water partition coefficient (Wildman–Crippen LogP) is 4.41. The molecule has 9 heteroatoms. The van der Waals surface area contributed by atoms with Gasteiger partial charge in [-0.25, -0.2) is 14.6 Å². The summed E-state index contributed by atoms with van der Waals surface area (Å²) in [4.78, 5) is 40.7. The van der Waals surface area contributed by atoms with Crippen molar-refractivity contribution in [1.82, 2.24) is 15.6 Å². The van der Waals surface area contributed by atoms with Crippen molar-refractivity contribution in [3.63, 3.8) is 0 Å². The van der Waals surface area contributed by atoms with E-state index in [1.54, 1.807) is 6.92 Å². The maximum atomic E-state index is 12.5. The zero-order valence-corrected chi connectivity index (χ0v) is 20.3. The third-order valence-corrected chi connectivity index (χ3v) is 7.27. The fourth-order valence-corrected chi connectivity index (χ4v) is 4.95. The van der Waals surface area contributed by atoms with Gasteiger partial charge in [0.05, 0.1) is 12.7 Å². The topological polar surface area (TPSA) is 118 Å². The zero-order valence-electron chi connectivity index (χ0n) is 19.5. The summed E-state index contributed by atoms with van der Waals surface area (Å²) in [5.74, 6) is -1.81. The molecule has 1 aliphatic rings. The fourth-order valence-electron chi connectivity index (χ4n) is 4.19. The number of carboxylic acids is 1. The number of aromatic nitrogens is 1. The second-order valence-electron chi connectivity index (χ2n) is 8.47. The van der Waals surface area contributed by atoms with Gasteiger partial charge in [-0.3, -0.25) is 4.79 Å². The monoisotopic (exact) mass is 493 g/mol. The Bertz CT molecular complexity index is 1200. The van der Waals surface area contributed by atoms with E-state index in [4.69, 9.17) is 4.74 Å². The summed E-state index contributed by atoms with van der Waals surface area (Å²) in [5, 5.41) is 15.1. The van der Waals surface area contributed by atoms with Crippen LogP contribution >= 0.6 is 11.3 Å². The standard InChI is InChI=1S/C26H27N3O5S/c1-3-15(2)23(25(31)32)29-24(30)21-12-27-22(35-21)13-28-26(33)34-14-20-18-10-6-4-8-16(18)17-9-5-7-11-19(17)20/h4-12,15,20,23H,3,13-14H2,1-2H3,(H,28,33)(H,29,30)(H,31,32). The van der Waals surface area contributed by atoms with Gasteiger partial charge in [-0.2, -0.15) is 0 Å². The smallest absolute Gasteiger partial charge is 0.407 e. The number of amides is 2. The lowest BCUT2D eigenvalue weighted by atomic mass is 9.98. The molecule has 35 heavy (non-hydrogen) atoms. The van der Waals surface area contributed by atoms with Crippen molar-refractivity contribution in [2.45, 2.75) is 38.8 Å². The van der Waals surface area contributed by atoms with E-state index >= 15 is 0 Å². The average molecular weight is 494 g/mol. The van der Waals surface area contributed by atoms with Crippen molar-refractivity contribution in [2.75, 3.05) is 6.61 Å². The Kier molecular flexibility index (Phi) is 7.45. The van der Waals surface area contributed by atoms with E-state index in [0.29, 0.717) is 11.4 Å². The molecular weight excluding hydrogens is 466 g/mol. The number of fused-ring (bicyclic) bond motifs is 3. The number of rotatable bonds is 9. The Labute approximate surface area is 207 Å². The van der Waals surface area contributed by atoms with Crippen molar-refractivity contribution in [3.8, 4) is 11.1 Å². The second-order valence-corrected chi connectivity index (χ2v) is 9.59. The van der Waals surface area contributed by atoms with Crippen LogP contribution < -0.4 is 10.6 Å². The summed E-state index contributed by atoms with van der Waals surface area (Å²) in [7, 11) is 0. The number of thiazole rings is 1. The molecule has 8 nitrogen and oxygen atoms in total. The van der Waals surface area contributed by atoms with Crippen molar-refractivity contribution in [2.24, 2.45) is 5.92 Å². The quantitative estimate of drug-likeness (QED) is 0.406. The van der Waals surface area contributed by atoms with Gasteiger partial charge < -0.3 is 20.5 Å². The van der Waals surface area contributed by atoms with Crippen molar-refractivity contribution in [3.05, 3.63) is 75.7 Å². The van der Waals surface area contributed by atoms with Crippen LogP contribution in [0.3, 0.4) is 0 Å². The summed E-state index contributed by atoms with van der Waals surface area (Å²) in [6.45, 7) is 3.95. The van der Waals surface area contributed by atoms with Gasteiger partial charge in [-0.15, -0.1) is 11.3 Å². The molecule has 2 amide bonds. The molecular formula is C26H27N3O5S. The molecule has 2 unspecified atom stereocenters. The first-order valence-corrected chi connectivity index (χ1v) is 12.3. The maximum Gasteiger partial charge on any atom is 0.407 e. The number of nitrogens with one attached hydrogen (secondary N) is 2. The molecule has 4 rings (SSSR count).